The van der Waals surface area contributed by atoms with Crippen LogP contribution in [0.2, 0.25) is 0 Å². The molecule has 1 aromatic rings. The fourth-order valence-electron chi connectivity index (χ4n) is 3.23. The zero-order valence-corrected chi connectivity index (χ0v) is 11.7. The van der Waals surface area contributed by atoms with Gasteiger partial charge in [0.1, 0.15) is 0 Å². The lowest BCUT2D eigenvalue weighted by molar-refractivity contribution is 0.487. The van der Waals surface area contributed by atoms with Crippen LogP contribution in [0.1, 0.15) is 42.5 Å². The van der Waals surface area contributed by atoms with E-state index in [0.29, 0.717) is 12.3 Å². The zero-order chi connectivity index (χ0) is 13.5. The molecular weight excluding hydrogens is 260 g/mol. The fraction of sp³-hybridized carbons (Fsp3) is 0.571. The molecule has 0 amide bonds. The molecule has 1 aliphatic carbocycles. The molecule has 3 rings (SSSR count). The molecule has 0 saturated carbocycles. The van der Waals surface area contributed by atoms with Crippen LogP contribution in [0.25, 0.3) is 0 Å². The number of fused-ring (bicyclic) bond motifs is 1. The van der Waals surface area contributed by atoms with Gasteiger partial charge in [0.15, 0.2) is 9.84 Å². The summed E-state index contributed by atoms with van der Waals surface area (Å²) in [4.78, 5) is 0. The molecule has 1 heterocycles. The van der Waals surface area contributed by atoms with Crippen molar-refractivity contribution < 1.29 is 8.42 Å². The maximum absolute atomic E-state index is 11.8. The van der Waals surface area contributed by atoms with Crippen LogP contribution in [0.4, 0.5) is 0 Å². The minimum absolute atomic E-state index is 0.0638. The Labute approximate surface area is 114 Å². The molecule has 2 aliphatic rings. The molecule has 3 N–H and O–H groups in total. The van der Waals surface area contributed by atoms with Crippen LogP contribution in [-0.2, 0) is 9.84 Å². The van der Waals surface area contributed by atoms with E-state index in [2.05, 4.69) is 17.4 Å². The summed E-state index contributed by atoms with van der Waals surface area (Å²) in [5.41, 5.74) is 8.53. The molecule has 5 heteroatoms. The third-order valence-corrected chi connectivity index (χ3v) is 6.59. The van der Waals surface area contributed by atoms with Crippen molar-refractivity contribution in [3.63, 3.8) is 0 Å². The molecule has 4 nitrogen and oxygen atoms in total. The van der Waals surface area contributed by atoms with Crippen molar-refractivity contribution in [1.29, 1.82) is 0 Å². The Hall–Kier alpha value is -0.910. The summed E-state index contributed by atoms with van der Waals surface area (Å²) in [5.74, 6) is 0.347. The first kappa shape index (κ1) is 13.1. The quantitative estimate of drug-likeness (QED) is 0.875. The highest BCUT2D eigenvalue weighted by Gasteiger charge is 2.33. The van der Waals surface area contributed by atoms with Crippen molar-refractivity contribution in [2.24, 2.45) is 5.73 Å². The topological polar surface area (TPSA) is 72.2 Å². The van der Waals surface area contributed by atoms with Gasteiger partial charge in [-0.25, -0.2) is 8.42 Å². The van der Waals surface area contributed by atoms with E-state index in [1.807, 2.05) is 12.1 Å². The molecule has 19 heavy (non-hydrogen) atoms. The number of hydrogen-bond donors (Lipinski definition) is 2. The first-order valence-electron chi connectivity index (χ1n) is 6.87. The molecule has 3 unspecified atom stereocenters. The number of benzene rings is 1. The lowest BCUT2D eigenvalue weighted by atomic mass is 10.1. The van der Waals surface area contributed by atoms with E-state index in [9.17, 15) is 8.42 Å². The molecule has 3 atom stereocenters. The van der Waals surface area contributed by atoms with Crippen LogP contribution in [0.3, 0.4) is 0 Å². The van der Waals surface area contributed by atoms with Gasteiger partial charge >= 0.3 is 0 Å². The van der Waals surface area contributed by atoms with Crippen LogP contribution in [-0.4, -0.2) is 26.0 Å². The van der Waals surface area contributed by atoms with Crippen LogP contribution in [0, 0.1) is 0 Å². The van der Waals surface area contributed by atoms with E-state index >= 15 is 0 Å². The Balaban J connectivity index is 1.69. The van der Waals surface area contributed by atoms with Crippen molar-refractivity contribution in [3.8, 4) is 0 Å². The van der Waals surface area contributed by atoms with E-state index in [1.54, 1.807) is 0 Å². The Bertz CT molecular complexity index is 571. The predicted molar refractivity (Wildman–Crippen MR) is 75.5 cm³/mol. The van der Waals surface area contributed by atoms with Gasteiger partial charge < -0.3 is 11.1 Å². The zero-order valence-electron chi connectivity index (χ0n) is 10.9. The van der Waals surface area contributed by atoms with Gasteiger partial charge in [0.05, 0.1) is 11.0 Å². The number of hydrogen-bond acceptors (Lipinski definition) is 4. The Kier molecular flexibility index (Phi) is 3.37. The van der Waals surface area contributed by atoms with Gasteiger partial charge in [-0.05, 0) is 30.4 Å². The monoisotopic (exact) mass is 280 g/mol. The van der Waals surface area contributed by atoms with Gasteiger partial charge in [0.25, 0.3) is 0 Å². The number of nitrogens with one attached hydrogen (secondary N) is 1. The summed E-state index contributed by atoms with van der Waals surface area (Å²) >= 11 is 0. The summed E-state index contributed by atoms with van der Waals surface area (Å²) in [6.07, 6.45) is 2.44. The highest BCUT2D eigenvalue weighted by molar-refractivity contribution is 7.92. The largest absolute Gasteiger partial charge is 0.324 e. The third kappa shape index (κ3) is 2.42. The lowest BCUT2D eigenvalue weighted by Crippen LogP contribution is -2.32. The molecule has 1 saturated heterocycles. The normalized spacial score (nSPS) is 32.4. The molecule has 1 aliphatic heterocycles. The van der Waals surface area contributed by atoms with Gasteiger partial charge in [-0.3, -0.25) is 0 Å². The summed E-state index contributed by atoms with van der Waals surface area (Å²) in [5, 5.41) is 3.20. The van der Waals surface area contributed by atoms with Crippen molar-refractivity contribution >= 4 is 9.84 Å². The van der Waals surface area contributed by atoms with Crippen LogP contribution < -0.4 is 11.1 Å². The molecular formula is C14H20N2O2S. The minimum atomic E-state index is -2.86. The molecule has 0 spiro atoms. The summed E-state index contributed by atoms with van der Waals surface area (Å²) in [6, 6.07) is 8.42. The maximum atomic E-state index is 11.8. The average molecular weight is 280 g/mol. The lowest BCUT2D eigenvalue weighted by Gasteiger charge is -2.17. The smallest absolute Gasteiger partial charge is 0.154 e. The number of nitrogens with two attached hydrogens (primary N) is 1. The van der Waals surface area contributed by atoms with Crippen molar-refractivity contribution in [2.45, 2.75) is 36.6 Å². The van der Waals surface area contributed by atoms with Gasteiger partial charge in [-0.15, -0.1) is 0 Å². The minimum Gasteiger partial charge on any atom is -0.324 e. The van der Waals surface area contributed by atoms with Crippen LogP contribution >= 0.6 is 0 Å². The van der Waals surface area contributed by atoms with Gasteiger partial charge in [0, 0.05) is 18.6 Å². The average Bonchev–Trinajstić information content (AvgIpc) is 2.88. The van der Waals surface area contributed by atoms with Crippen molar-refractivity contribution in [3.05, 3.63) is 35.4 Å². The molecule has 0 bridgehead atoms. The van der Waals surface area contributed by atoms with Crippen LogP contribution in [0.15, 0.2) is 24.3 Å². The molecule has 1 aromatic carbocycles. The highest BCUT2D eigenvalue weighted by atomic mass is 32.2. The molecule has 104 valence electrons. The van der Waals surface area contributed by atoms with Crippen LogP contribution in [0.5, 0.6) is 0 Å². The van der Waals surface area contributed by atoms with E-state index in [4.69, 9.17) is 5.73 Å². The van der Waals surface area contributed by atoms with Gasteiger partial charge in [-0.1, -0.05) is 24.3 Å². The first-order valence-corrected chi connectivity index (χ1v) is 8.59. The first-order chi connectivity index (χ1) is 9.08. The Morgan fingerprint density at radius 2 is 2.00 bits per heavy atom. The highest BCUT2D eigenvalue weighted by Crippen LogP contribution is 2.37. The number of rotatable bonds is 3. The van der Waals surface area contributed by atoms with E-state index in [0.717, 1.165) is 19.3 Å². The summed E-state index contributed by atoms with van der Waals surface area (Å²) in [6.45, 7) is 0.550. The Morgan fingerprint density at radius 1 is 1.26 bits per heavy atom. The fourth-order valence-corrected chi connectivity index (χ4v) is 5.01. The molecule has 1 fully saturated rings. The summed E-state index contributed by atoms with van der Waals surface area (Å²) < 4.78 is 23.6. The van der Waals surface area contributed by atoms with Crippen molar-refractivity contribution in [1.82, 2.24) is 5.32 Å². The van der Waals surface area contributed by atoms with E-state index in [1.165, 1.54) is 11.1 Å². The Morgan fingerprint density at radius 3 is 2.68 bits per heavy atom. The van der Waals surface area contributed by atoms with Gasteiger partial charge in [0.2, 0.25) is 0 Å². The number of sulfone groups is 1. The standard InChI is InChI=1S/C14H20N2O2S/c15-13-8-14(12-6-2-1-5-11(12)13)16-9-10-4-3-7-19(10,17)18/h1-2,5-6,10,13-14,16H,3-4,7-9,15H2. The predicted octanol–water partition coefficient (Wildman–Crippen LogP) is 1.30. The SMILES string of the molecule is NC1CC(NCC2CCCS2(=O)=O)c2ccccc21. The second-order valence-electron chi connectivity index (χ2n) is 5.56. The second-order valence-corrected chi connectivity index (χ2v) is 7.96. The van der Waals surface area contributed by atoms with E-state index < -0.39 is 9.84 Å². The van der Waals surface area contributed by atoms with Crippen molar-refractivity contribution in [2.75, 3.05) is 12.3 Å². The van der Waals surface area contributed by atoms with Gasteiger partial charge in [-0.2, -0.15) is 0 Å². The maximum Gasteiger partial charge on any atom is 0.154 e. The van der Waals surface area contributed by atoms with E-state index in [-0.39, 0.29) is 17.3 Å². The summed E-state index contributed by atoms with van der Waals surface area (Å²) in [7, 11) is -2.86. The second kappa shape index (κ2) is 4.89. The molecule has 0 aromatic heterocycles. The third-order valence-electron chi connectivity index (χ3n) is 4.32. The molecule has 0 radical (unpaired) electrons.